The Hall–Kier alpha value is -5.15. The van der Waals surface area contributed by atoms with Crippen LogP contribution in [0.25, 0.3) is 33.4 Å². The van der Waals surface area contributed by atoms with Gasteiger partial charge in [-0.3, -0.25) is 4.79 Å². The van der Waals surface area contributed by atoms with E-state index in [0.29, 0.717) is 45.6 Å². The van der Waals surface area contributed by atoms with Crippen molar-refractivity contribution in [2.45, 2.75) is 39.7 Å². The van der Waals surface area contributed by atoms with Crippen molar-refractivity contribution < 1.29 is 19.1 Å². The molecule has 3 N–H and O–H groups in total. The van der Waals surface area contributed by atoms with E-state index in [4.69, 9.17) is 15.2 Å². The Morgan fingerprint density at radius 2 is 1.53 bits per heavy atom. The van der Waals surface area contributed by atoms with Gasteiger partial charge in [0.15, 0.2) is 11.5 Å². The topological polar surface area (TPSA) is 103 Å². The molecule has 2 unspecified atom stereocenters. The second-order valence-corrected chi connectivity index (χ2v) is 11.7. The van der Waals surface area contributed by atoms with E-state index < -0.39 is 5.43 Å². The minimum absolute atomic E-state index is 0.0551. The number of halogens is 1. The van der Waals surface area contributed by atoms with Crippen molar-refractivity contribution in [1.29, 1.82) is 0 Å². The van der Waals surface area contributed by atoms with Gasteiger partial charge in [0.25, 0.3) is 0 Å². The lowest BCUT2D eigenvalue weighted by molar-refractivity contribution is 0.222. The zero-order valence-electron chi connectivity index (χ0n) is 27.4. The van der Waals surface area contributed by atoms with E-state index in [0.717, 1.165) is 28.7 Å². The Morgan fingerprint density at radius 1 is 0.894 bits per heavy atom. The third kappa shape index (κ3) is 7.00. The fourth-order valence-electron chi connectivity index (χ4n) is 5.88. The van der Waals surface area contributed by atoms with Crippen molar-refractivity contribution in [3.63, 3.8) is 0 Å². The van der Waals surface area contributed by atoms with Crippen molar-refractivity contribution in [3.05, 3.63) is 107 Å². The third-order valence-corrected chi connectivity index (χ3v) is 8.82. The number of nitrogen functional groups attached to an aromatic ring is 1. The minimum Gasteiger partial charge on any atom is -0.493 e. The highest BCUT2D eigenvalue weighted by Crippen LogP contribution is 2.36. The van der Waals surface area contributed by atoms with E-state index in [2.05, 4.69) is 11.9 Å². The van der Waals surface area contributed by atoms with E-state index >= 15 is 4.48 Å². The highest BCUT2D eigenvalue weighted by molar-refractivity contribution is 5.81. The summed E-state index contributed by atoms with van der Waals surface area (Å²) >= 11 is 0. The van der Waals surface area contributed by atoms with Gasteiger partial charge in [0, 0.05) is 47.9 Å². The maximum Gasteiger partial charge on any atom is 0.215 e. The summed E-state index contributed by atoms with van der Waals surface area (Å²) in [5.41, 5.74) is 11.2. The zero-order valence-corrected chi connectivity index (χ0v) is 27.4. The van der Waals surface area contributed by atoms with E-state index in [9.17, 15) is 9.90 Å². The third-order valence-electron chi connectivity index (χ3n) is 8.82. The van der Waals surface area contributed by atoms with Crippen LogP contribution in [-0.2, 0) is 0 Å². The van der Waals surface area contributed by atoms with Gasteiger partial charge in [0.2, 0.25) is 5.43 Å². The number of benzene rings is 3. The molecule has 0 saturated heterocycles. The van der Waals surface area contributed by atoms with Crippen LogP contribution in [0.4, 0.5) is 21.7 Å². The van der Waals surface area contributed by atoms with Crippen LogP contribution in [0.15, 0.2) is 96.2 Å². The maximum absolute atomic E-state index is 16.3. The Labute approximate surface area is 274 Å². The van der Waals surface area contributed by atoms with Gasteiger partial charge >= 0.3 is 0 Å². The predicted octanol–water partition coefficient (Wildman–Crippen LogP) is 8.14. The van der Waals surface area contributed by atoms with Crippen LogP contribution >= 0.6 is 0 Å². The normalized spacial score (nSPS) is 12.4. The van der Waals surface area contributed by atoms with E-state index in [-0.39, 0.29) is 29.9 Å². The molecule has 5 rings (SSSR count). The first kappa shape index (κ1) is 33.2. The Balaban J connectivity index is 1.52. The molecule has 8 nitrogen and oxygen atoms in total. The van der Waals surface area contributed by atoms with Gasteiger partial charge in [-0.05, 0) is 73.2 Å². The van der Waals surface area contributed by atoms with Gasteiger partial charge in [-0.25, -0.2) is 4.98 Å². The lowest BCUT2D eigenvalue weighted by Gasteiger charge is -2.27. The summed E-state index contributed by atoms with van der Waals surface area (Å²) in [6.07, 6.45) is 6.47. The summed E-state index contributed by atoms with van der Waals surface area (Å²) in [4.78, 5) is 18.2. The number of rotatable bonds is 12. The number of aryl methyl sites for hydroxylation is 1. The van der Waals surface area contributed by atoms with Crippen LogP contribution in [0, 0.1) is 12.8 Å². The number of aliphatic hydroxyl groups excluding tert-OH is 1. The molecule has 3 aromatic carbocycles. The Bertz CT molecular complexity index is 1890. The first-order valence-corrected chi connectivity index (χ1v) is 15.7. The average molecular weight is 637 g/mol. The highest BCUT2D eigenvalue weighted by atomic mass is 19.2. The fraction of sp³-hybridized carbons (Fsp3) is 0.263. The lowest BCUT2D eigenvalue weighted by atomic mass is 9.94. The fourth-order valence-corrected chi connectivity index (χ4v) is 5.88. The van der Waals surface area contributed by atoms with E-state index in [1.807, 2.05) is 66.9 Å². The molecule has 2 atom stereocenters. The number of hydrogen-bond donors (Lipinski definition) is 2. The number of anilines is 3. The molecular weight excluding hydrogens is 595 g/mol. The zero-order chi connectivity index (χ0) is 33.7. The van der Waals surface area contributed by atoms with Crippen LogP contribution in [0.3, 0.4) is 0 Å². The average Bonchev–Trinajstić information content (AvgIpc) is 3.10. The monoisotopic (exact) mass is 636 g/mol. The first-order chi connectivity index (χ1) is 22.7. The minimum atomic E-state index is -0.421. The maximum atomic E-state index is 16.3. The van der Waals surface area contributed by atoms with E-state index in [1.165, 1.54) is 0 Å². The number of aliphatic hydroxyl groups is 1. The van der Waals surface area contributed by atoms with Crippen LogP contribution in [-0.4, -0.2) is 35.5 Å². The first-order valence-electron chi connectivity index (χ1n) is 15.7. The number of nitrogens with two attached hydrogens (primary N) is 1. The van der Waals surface area contributed by atoms with Gasteiger partial charge in [0.05, 0.1) is 19.9 Å². The number of nitrogens with zero attached hydrogens (tertiary/aromatic N) is 3. The second-order valence-electron chi connectivity index (χ2n) is 11.7. The molecule has 0 saturated carbocycles. The standard InChI is InChI=1S/C38H41FN4O4/c1-6-26(17-18-44)25(3)42-22-33(28-9-7-24(2)8-10-28)37(45)34(23-42)43(39)31-14-11-27(12-15-31)32-19-30(21-41-38(32)40)29-13-16-35(46-4)36(20-29)47-5/h7-16,19-23,25-26,44H,6,17-18H2,1-5H3,(H2,40,41). The Kier molecular flexibility index (Phi) is 10.3. The molecule has 2 aromatic heterocycles. The Morgan fingerprint density at radius 3 is 2.17 bits per heavy atom. The highest BCUT2D eigenvalue weighted by Gasteiger charge is 2.22. The number of pyridine rings is 2. The summed E-state index contributed by atoms with van der Waals surface area (Å²) in [5.74, 6) is 1.68. The lowest BCUT2D eigenvalue weighted by Crippen LogP contribution is -2.23. The van der Waals surface area contributed by atoms with Gasteiger partial charge in [0.1, 0.15) is 11.5 Å². The van der Waals surface area contributed by atoms with Crippen LogP contribution in [0.1, 0.15) is 38.3 Å². The summed E-state index contributed by atoms with van der Waals surface area (Å²) in [6, 6.07) is 21.8. The molecule has 5 aromatic rings. The predicted molar refractivity (Wildman–Crippen MR) is 187 cm³/mol. The van der Waals surface area contributed by atoms with Gasteiger partial charge in [-0.1, -0.05) is 65.9 Å². The quantitative estimate of drug-likeness (QED) is 0.133. The molecule has 0 aliphatic carbocycles. The van der Waals surface area contributed by atoms with Crippen LogP contribution in [0.5, 0.6) is 11.5 Å². The van der Waals surface area contributed by atoms with Crippen molar-refractivity contribution in [3.8, 4) is 44.9 Å². The van der Waals surface area contributed by atoms with Gasteiger partial charge < -0.3 is 24.9 Å². The van der Waals surface area contributed by atoms with Gasteiger partial charge in [-0.2, -0.15) is 5.12 Å². The van der Waals surface area contributed by atoms with Crippen molar-refractivity contribution in [2.75, 3.05) is 31.7 Å². The summed E-state index contributed by atoms with van der Waals surface area (Å²) in [7, 11) is 3.17. The van der Waals surface area contributed by atoms with E-state index in [1.54, 1.807) is 57.1 Å². The molecule has 0 aliphatic rings. The molecule has 0 bridgehead atoms. The molecule has 0 aliphatic heterocycles. The van der Waals surface area contributed by atoms with Crippen molar-refractivity contribution >= 4 is 17.2 Å². The molecule has 2 heterocycles. The summed E-state index contributed by atoms with van der Waals surface area (Å²) < 4.78 is 29.0. The van der Waals surface area contributed by atoms with Crippen molar-refractivity contribution in [1.82, 2.24) is 9.55 Å². The SMILES string of the molecule is CCC(CCO)C(C)n1cc(-c2ccc(C)cc2)c(=O)c(N(F)c2ccc(-c3cc(-c4ccc(OC)c(OC)c4)cnc3N)cc2)c1. The van der Waals surface area contributed by atoms with Crippen molar-refractivity contribution in [2.24, 2.45) is 5.92 Å². The number of aromatic nitrogens is 2. The molecule has 0 radical (unpaired) electrons. The summed E-state index contributed by atoms with van der Waals surface area (Å²) in [6.45, 7) is 6.13. The molecule has 47 heavy (non-hydrogen) atoms. The van der Waals surface area contributed by atoms with Crippen LogP contribution < -0.4 is 25.8 Å². The molecule has 9 heteroatoms. The largest absolute Gasteiger partial charge is 0.493 e. The van der Waals surface area contributed by atoms with Gasteiger partial charge in [-0.15, -0.1) is 0 Å². The molecule has 0 fully saturated rings. The smallest absolute Gasteiger partial charge is 0.215 e. The summed E-state index contributed by atoms with van der Waals surface area (Å²) in [5, 5.41) is 10.1. The second kappa shape index (κ2) is 14.5. The number of methoxy groups -OCH3 is 2. The number of hydrogen-bond acceptors (Lipinski definition) is 7. The molecular formula is C38H41FN4O4. The molecule has 0 amide bonds. The van der Waals surface area contributed by atoms with Crippen LogP contribution in [0.2, 0.25) is 0 Å². The number of ether oxygens (including phenoxy) is 2. The molecule has 244 valence electrons. The molecule has 0 spiro atoms.